The number of carbonyl (C=O) groups is 2. The number of aliphatic hydroxyl groups is 1. The number of H-pyrrole nitrogens is 1. The molecule has 210 valence electrons. The summed E-state index contributed by atoms with van der Waals surface area (Å²) in [6.45, 7) is 5.72. The lowest BCUT2D eigenvalue weighted by molar-refractivity contribution is 0.104. The maximum atomic E-state index is 13.7. The first-order valence-corrected chi connectivity index (χ1v) is 13.9. The van der Waals surface area contributed by atoms with Gasteiger partial charge in [-0.25, -0.2) is 9.80 Å². The number of anilines is 1. The first kappa shape index (κ1) is 26.5. The topological polar surface area (TPSA) is 126 Å². The van der Waals surface area contributed by atoms with Crippen molar-refractivity contribution in [3.05, 3.63) is 53.6 Å². The number of benzene rings is 2. The third-order valence-electron chi connectivity index (χ3n) is 8.05. The number of aromatic nitrogens is 2. The van der Waals surface area contributed by atoms with Crippen molar-refractivity contribution in [2.75, 3.05) is 64.8 Å². The minimum absolute atomic E-state index is 0.173. The Bertz CT molecular complexity index is 1380. The fraction of sp³-hybridized carbons (Fsp3) is 0.414. The second kappa shape index (κ2) is 11.4. The van der Waals surface area contributed by atoms with Gasteiger partial charge in [0, 0.05) is 49.9 Å². The highest BCUT2D eigenvalue weighted by atomic mass is 16.5. The number of ether oxygens (including phenoxy) is 1. The summed E-state index contributed by atoms with van der Waals surface area (Å²) < 4.78 is 5.94. The summed E-state index contributed by atoms with van der Waals surface area (Å²) in [6.07, 6.45) is 2.14. The van der Waals surface area contributed by atoms with Gasteiger partial charge in [0.1, 0.15) is 18.1 Å². The number of hydrogen-bond acceptors (Lipinski definition) is 8. The Balaban J connectivity index is 1.13. The number of hydrazine groups is 1. The van der Waals surface area contributed by atoms with Crippen LogP contribution >= 0.6 is 0 Å². The molecule has 1 aliphatic carbocycles. The molecule has 2 amide bonds. The van der Waals surface area contributed by atoms with Gasteiger partial charge in [0.05, 0.1) is 29.1 Å². The van der Waals surface area contributed by atoms with Crippen molar-refractivity contribution in [1.82, 2.24) is 30.4 Å². The van der Waals surface area contributed by atoms with Crippen molar-refractivity contribution in [2.45, 2.75) is 18.9 Å². The van der Waals surface area contributed by atoms with E-state index < -0.39 is 0 Å². The van der Waals surface area contributed by atoms with Crippen molar-refractivity contribution in [1.29, 1.82) is 0 Å². The molecule has 3 aromatic rings. The van der Waals surface area contributed by atoms with Crippen LogP contribution in [-0.4, -0.2) is 107 Å². The zero-order valence-electron chi connectivity index (χ0n) is 22.7. The SMILES string of the molecule is CN1CCN(NC(=O)Nc2cccc3c2C(=O)c2c(-c4ccc(OCCN5CCC[C@H]5CO)cc4)n[nH]c2-3)CC1. The Morgan fingerprint density at radius 3 is 2.67 bits per heavy atom. The van der Waals surface area contributed by atoms with Crippen LogP contribution in [0.1, 0.15) is 28.8 Å². The van der Waals surface area contributed by atoms with E-state index in [4.69, 9.17) is 4.74 Å². The number of nitrogens with zero attached hydrogens (tertiary/aromatic N) is 4. The minimum atomic E-state index is -0.369. The van der Waals surface area contributed by atoms with Crippen molar-refractivity contribution in [3.8, 4) is 28.3 Å². The summed E-state index contributed by atoms with van der Waals surface area (Å²) in [7, 11) is 2.06. The highest BCUT2D eigenvalue weighted by Gasteiger charge is 2.35. The number of fused-ring (bicyclic) bond motifs is 3. The number of hydrogen-bond donors (Lipinski definition) is 4. The lowest BCUT2D eigenvalue weighted by Crippen LogP contribution is -2.53. The van der Waals surface area contributed by atoms with E-state index in [1.807, 2.05) is 41.4 Å². The number of likely N-dealkylation sites (tertiary alicyclic amines) is 1. The van der Waals surface area contributed by atoms with E-state index in [9.17, 15) is 14.7 Å². The molecule has 2 aromatic carbocycles. The van der Waals surface area contributed by atoms with Crippen molar-refractivity contribution in [2.24, 2.45) is 0 Å². The molecule has 6 rings (SSSR count). The number of likely N-dealkylation sites (N-methyl/N-ethyl adjacent to an activating group) is 1. The fourth-order valence-electron chi connectivity index (χ4n) is 5.80. The summed E-state index contributed by atoms with van der Waals surface area (Å²) in [6, 6.07) is 12.9. The van der Waals surface area contributed by atoms with E-state index >= 15 is 0 Å². The zero-order valence-corrected chi connectivity index (χ0v) is 22.7. The Labute approximate surface area is 233 Å². The lowest BCUT2D eigenvalue weighted by atomic mass is 10.0. The molecule has 11 nitrogen and oxygen atoms in total. The summed E-state index contributed by atoms with van der Waals surface area (Å²) in [5.41, 5.74) is 7.06. The number of carbonyl (C=O) groups excluding carboxylic acids is 2. The number of piperazine rings is 1. The molecule has 0 spiro atoms. The van der Waals surface area contributed by atoms with Gasteiger partial charge in [-0.05, 0) is 56.8 Å². The Kier molecular flexibility index (Phi) is 7.53. The average molecular weight is 546 g/mol. The molecule has 3 aliphatic rings. The molecule has 1 atom stereocenters. The van der Waals surface area contributed by atoms with Crippen molar-refractivity contribution < 1.29 is 19.4 Å². The molecule has 11 heteroatoms. The highest BCUT2D eigenvalue weighted by Crippen LogP contribution is 2.43. The molecule has 2 saturated heterocycles. The third kappa shape index (κ3) is 5.20. The highest BCUT2D eigenvalue weighted by molar-refractivity contribution is 6.26. The van der Waals surface area contributed by atoms with E-state index in [1.54, 1.807) is 6.07 Å². The second-order valence-electron chi connectivity index (χ2n) is 10.6. The maximum absolute atomic E-state index is 13.7. The lowest BCUT2D eigenvalue weighted by Gasteiger charge is -2.32. The Morgan fingerprint density at radius 2 is 1.90 bits per heavy atom. The molecule has 40 heavy (non-hydrogen) atoms. The van der Waals surface area contributed by atoms with Gasteiger partial charge in [-0.1, -0.05) is 12.1 Å². The van der Waals surface area contributed by atoms with E-state index in [0.717, 1.165) is 69.0 Å². The monoisotopic (exact) mass is 545 g/mol. The van der Waals surface area contributed by atoms with Crippen LogP contribution in [0.4, 0.5) is 10.5 Å². The van der Waals surface area contributed by atoms with Gasteiger partial charge in [0.15, 0.2) is 5.78 Å². The van der Waals surface area contributed by atoms with Gasteiger partial charge in [0.25, 0.3) is 0 Å². The van der Waals surface area contributed by atoms with Crippen LogP contribution in [0.15, 0.2) is 42.5 Å². The molecule has 2 aliphatic heterocycles. The van der Waals surface area contributed by atoms with Gasteiger partial charge < -0.3 is 20.1 Å². The number of nitrogens with one attached hydrogen (secondary N) is 3. The minimum Gasteiger partial charge on any atom is -0.492 e. The molecule has 0 radical (unpaired) electrons. The molecule has 4 N–H and O–H groups in total. The van der Waals surface area contributed by atoms with Gasteiger partial charge >= 0.3 is 6.03 Å². The van der Waals surface area contributed by atoms with Gasteiger partial charge in [-0.15, -0.1) is 0 Å². The fourth-order valence-corrected chi connectivity index (χ4v) is 5.80. The van der Waals surface area contributed by atoms with Gasteiger partial charge in [0.2, 0.25) is 0 Å². The summed E-state index contributed by atoms with van der Waals surface area (Å²) in [5.74, 6) is 0.566. The number of amides is 2. The normalized spacial score (nSPS) is 19.4. The number of urea groups is 1. The standard InChI is InChI=1S/C29H35N7O4/c1-34-12-14-36(15-13-34)33-29(39)30-23-6-2-5-22-24(23)28(38)25-26(31-32-27(22)25)19-7-9-21(10-8-19)40-17-16-35-11-3-4-20(35)18-37/h2,5-10,20,37H,3-4,11-18H2,1H3,(H,31,32)(H2,30,33,39)/t20-/m0/s1. The third-order valence-corrected chi connectivity index (χ3v) is 8.05. The van der Waals surface area contributed by atoms with E-state index in [-0.39, 0.29) is 24.5 Å². The molecule has 3 heterocycles. The first-order valence-electron chi connectivity index (χ1n) is 13.9. The van der Waals surface area contributed by atoms with Crippen LogP contribution in [-0.2, 0) is 0 Å². The van der Waals surface area contributed by atoms with Gasteiger partial charge in [-0.2, -0.15) is 5.10 Å². The first-order chi connectivity index (χ1) is 19.5. The van der Waals surface area contributed by atoms with E-state index in [2.05, 4.69) is 37.8 Å². The van der Waals surface area contributed by atoms with Crippen LogP contribution in [0.2, 0.25) is 0 Å². The molecule has 1 aromatic heterocycles. The molecule has 0 bridgehead atoms. The predicted octanol–water partition coefficient (Wildman–Crippen LogP) is 2.41. The Morgan fingerprint density at radius 1 is 1.10 bits per heavy atom. The van der Waals surface area contributed by atoms with Crippen molar-refractivity contribution >= 4 is 17.5 Å². The molecular formula is C29H35N7O4. The van der Waals surface area contributed by atoms with Crippen LogP contribution < -0.4 is 15.5 Å². The summed E-state index contributed by atoms with van der Waals surface area (Å²) in [4.78, 5) is 30.9. The second-order valence-corrected chi connectivity index (χ2v) is 10.6. The van der Waals surface area contributed by atoms with E-state index in [1.165, 1.54) is 0 Å². The number of ketones is 1. The number of aromatic amines is 1. The Hall–Kier alpha value is -3.77. The van der Waals surface area contributed by atoms with Crippen LogP contribution in [0.3, 0.4) is 0 Å². The number of aliphatic hydroxyl groups excluding tert-OH is 1. The van der Waals surface area contributed by atoms with Crippen LogP contribution in [0.5, 0.6) is 5.75 Å². The smallest absolute Gasteiger partial charge is 0.333 e. The number of rotatable bonds is 8. The average Bonchev–Trinajstić information content (AvgIpc) is 3.67. The van der Waals surface area contributed by atoms with E-state index in [0.29, 0.717) is 34.8 Å². The largest absolute Gasteiger partial charge is 0.492 e. The summed E-state index contributed by atoms with van der Waals surface area (Å²) in [5, 5.41) is 21.8. The van der Waals surface area contributed by atoms with Crippen LogP contribution in [0.25, 0.3) is 22.5 Å². The molecular weight excluding hydrogens is 510 g/mol. The van der Waals surface area contributed by atoms with Crippen LogP contribution in [0, 0.1) is 0 Å². The zero-order chi connectivity index (χ0) is 27.6. The quantitative estimate of drug-likeness (QED) is 0.266. The van der Waals surface area contributed by atoms with Gasteiger partial charge in [-0.3, -0.25) is 20.2 Å². The molecule has 2 fully saturated rings. The molecule has 0 unspecified atom stereocenters. The van der Waals surface area contributed by atoms with Crippen molar-refractivity contribution in [3.63, 3.8) is 0 Å². The summed E-state index contributed by atoms with van der Waals surface area (Å²) >= 11 is 0. The maximum Gasteiger partial charge on any atom is 0.333 e. The molecule has 0 saturated carbocycles. The predicted molar refractivity (Wildman–Crippen MR) is 151 cm³/mol.